The second kappa shape index (κ2) is 4.55. The number of ether oxygens (including phenoxy) is 1. The number of aromatic nitrogens is 2. The minimum absolute atomic E-state index is 0.0293. The topological polar surface area (TPSA) is 78.1 Å². The molecule has 0 saturated heterocycles. The Morgan fingerprint density at radius 1 is 1.47 bits per heavy atom. The Morgan fingerprint density at radius 2 is 2.24 bits per heavy atom. The number of nitrogens with two attached hydrogens (primary N) is 1. The van der Waals surface area contributed by atoms with Gasteiger partial charge in [0.15, 0.2) is 5.69 Å². The molecule has 0 radical (unpaired) electrons. The van der Waals surface area contributed by atoms with Crippen molar-refractivity contribution in [3.63, 3.8) is 0 Å². The van der Waals surface area contributed by atoms with Gasteiger partial charge in [-0.05, 0) is 25.1 Å². The zero-order chi connectivity index (χ0) is 12.4. The summed E-state index contributed by atoms with van der Waals surface area (Å²) in [6.07, 6.45) is 0. The monoisotopic (exact) mass is 251 g/mol. The van der Waals surface area contributed by atoms with Gasteiger partial charge in [-0.2, -0.15) is 0 Å². The molecule has 88 valence electrons. The predicted octanol–water partition coefficient (Wildman–Crippen LogP) is 2.04. The minimum atomic E-state index is -0.575. The highest BCUT2D eigenvalue weighted by Crippen LogP contribution is 2.24. The fourth-order valence-electron chi connectivity index (χ4n) is 1.45. The van der Waals surface area contributed by atoms with E-state index in [0.29, 0.717) is 15.9 Å². The molecule has 0 fully saturated rings. The van der Waals surface area contributed by atoms with Gasteiger partial charge in [-0.3, -0.25) is 0 Å². The number of carbonyl (C=O) groups excluding carboxylic acids is 1. The summed E-state index contributed by atoms with van der Waals surface area (Å²) in [5, 5.41) is 8.82. The molecule has 2 aromatic rings. The van der Waals surface area contributed by atoms with Gasteiger partial charge in [-0.25, -0.2) is 4.79 Å². The van der Waals surface area contributed by atoms with Crippen LogP contribution in [0.5, 0.6) is 0 Å². The molecule has 2 N–H and O–H groups in total. The van der Waals surface area contributed by atoms with E-state index in [1.807, 2.05) is 0 Å². The van der Waals surface area contributed by atoms with Crippen LogP contribution in [-0.4, -0.2) is 22.8 Å². The SMILES string of the molecule is CCOC(=O)c1nnc2cc(Cl)ccc2c1N. The van der Waals surface area contributed by atoms with Gasteiger partial charge < -0.3 is 10.5 Å². The maximum atomic E-state index is 11.5. The Bertz CT molecular complexity index is 586. The standard InChI is InChI=1S/C11H10ClN3O2/c1-2-17-11(16)10-9(13)7-4-3-6(12)5-8(7)14-15-10/h3-5H,2H2,1H3,(H2,13,14). The third kappa shape index (κ3) is 2.14. The van der Waals surface area contributed by atoms with E-state index in [1.165, 1.54) is 0 Å². The fraction of sp³-hybridized carbons (Fsp3) is 0.182. The quantitative estimate of drug-likeness (QED) is 0.827. The summed E-state index contributed by atoms with van der Waals surface area (Å²) in [6, 6.07) is 5.01. The molecular formula is C11H10ClN3O2. The number of esters is 1. The molecule has 0 spiro atoms. The Kier molecular flexibility index (Phi) is 3.10. The van der Waals surface area contributed by atoms with Gasteiger partial charge in [0.1, 0.15) is 0 Å². The highest BCUT2D eigenvalue weighted by molar-refractivity contribution is 6.31. The number of benzene rings is 1. The fourth-order valence-corrected chi connectivity index (χ4v) is 1.62. The molecular weight excluding hydrogens is 242 g/mol. The molecule has 1 heterocycles. The van der Waals surface area contributed by atoms with Crippen LogP contribution in [0, 0.1) is 0 Å². The maximum Gasteiger partial charge on any atom is 0.361 e. The van der Waals surface area contributed by atoms with Crippen LogP contribution >= 0.6 is 11.6 Å². The zero-order valence-electron chi connectivity index (χ0n) is 9.11. The zero-order valence-corrected chi connectivity index (χ0v) is 9.86. The Labute approximate surface area is 103 Å². The molecule has 0 bridgehead atoms. The van der Waals surface area contributed by atoms with Crippen molar-refractivity contribution >= 4 is 34.2 Å². The number of hydrogen-bond donors (Lipinski definition) is 1. The number of anilines is 1. The van der Waals surface area contributed by atoms with Gasteiger partial charge in [0, 0.05) is 10.4 Å². The number of halogens is 1. The number of rotatable bonds is 2. The molecule has 0 unspecified atom stereocenters. The first kappa shape index (κ1) is 11.6. The normalized spacial score (nSPS) is 10.5. The van der Waals surface area contributed by atoms with Crippen molar-refractivity contribution < 1.29 is 9.53 Å². The van der Waals surface area contributed by atoms with Crippen molar-refractivity contribution in [2.24, 2.45) is 0 Å². The molecule has 0 saturated carbocycles. The average Bonchev–Trinajstić information content (AvgIpc) is 2.29. The summed E-state index contributed by atoms with van der Waals surface area (Å²) in [5.41, 5.74) is 6.68. The number of nitrogen functional groups attached to an aromatic ring is 1. The summed E-state index contributed by atoms with van der Waals surface area (Å²) in [6.45, 7) is 1.97. The van der Waals surface area contributed by atoms with Gasteiger partial charge in [-0.15, -0.1) is 10.2 Å². The minimum Gasteiger partial charge on any atom is -0.461 e. The van der Waals surface area contributed by atoms with E-state index in [0.717, 1.165) is 0 Å². The van der Waals surface area contributed by atoms with Gasteiger partial charge in [0.2, 0.25) is 0 Å². The van der Waals surface area contributed by atoms with Crippen molar-refractivity contribution in [1.82, 2.24) is 10.2 Å². The van der Waals surface area contributed by atoms with E-state index < -0.39 is 5.97 Å². The lowest BCUT2D eigenvalue weighted by Gasteiger charge is -2.06. The Balaban J connectivity index is 2.58. The molecule has 0 atom stereocenters. The second-order valence-electron chi connectivity index (χ2n) is 3.34. The molecule has 1 aromatic carbocycles. The molecule has 0 aliphatic carbocycles. The molecule has 17 heavy (non-hydrogen) atoms. The van der Waals surface area contributed by atoms with E-state index in [-0.39, 0.29) is 18.0 Å². The van der Waals surface area contributed by atoms with E-state index in [1.54, 1.807) is 25.1 Å². The third-order valence-electron chi connectivity index (χ3n) is 2.23. The van der Waals surface area contributed by atoms with Crippen LogP contribution in [0.15, 0.2) is 18.2 Å². The smallest absolute Gasteiger partial charge is 0.361 e. The lowest BCUT2D eigenvalue weighted by atomic mass is 10.2. The van der Waals surface area contributed by atoms with Crippen LogP contribution in [0.1, 0.15) is 17.4 Å². The lowest BCUT2D eigenvalue weighted by molar-refractivity contribution is 0.0520. The Hall–Kier alpha value is -1.88. The molecule has 2 rings (SSSR count). The number of carbonyl (C=O) groups is 1. The van der Waals surface area contributed by atoms with Crippen LogP contribution in [0.2, 0.25) is 5.02 Å². The molecule has 6 heteroatoms. The molecule has 1 aromatic heterocycles. The van der Waals surface area contributed by atoms with E-state index in [9.17, 15) is 4.79 Å². The van der Waals surface area contributed by atoms with Crippen LogP contribution < -0.4 is 5.73 Å². The largest absolute Gasteiger partial charge is 0.461 e. The van der Waals surface area contributed by atoms with Crippen LogP contribution in [0.4, 0.5) is 5.69 Å². The number of fused-ring (bicyclic) bond motifs is 1. The van der Waals surface area contributed by atoms with Crippen molar-refractivity contribution in [3.05, 3.63) is 28.9 Å². The number of hydrogen-bond acceptors (Lipinski definition) is 5. The predicted molar refractivity (Wildman–Crippen MR) is 64.9 cm³/mol. The van der Waals surface area contributed by atoms with Gasteiger partial charge in [-0.1, -0.05) is 11.6 Å². The summed E-state index contributed by atoms with van der Waals surface area (Å²) in [5.74, 6) is -0.575. The van der Waals surface area contributed by atoms with Gasteiger partial charge in [0.25, 0.3) is 0 Å². The summed E-state index contributed by atoms with van der Waals surface area (Å²) in [4.78, 5) is 11.5. The van der Waals surface area contributed by atoms with Crippen LogP contribution in [-0.2, 0) is 4.74 Å². The van der Waals surface area contributed by atoms with E-state index >= 15 is 0 Å². The second-order valence-corrected chi connectivity index (χ2v) is 3.78. The first-order chi connectivity index (χ1) is 8.13. The maximum absolute atomic E-state index is 11.5. The Morgan fingerprint density at radius 3 is 2.94 bits per heavy atom. The van der Waals surface area contributed by atoms with Crippen LogP contribution in [0.3, 0.4) is 0 Å². The van der Waals surface area contributed by atoms with E-state index in [4.69, 9.17) is 22.1 Å². The van der Waals surface area contributed by atoms with Crippen molar-refractivity contribution in [3.8, 4) is 0 Å². The highest BCUT2D eigenvalue weighted by Gasteiger charge is 2.16. The van der Waals surface area contributed by atoms with E-state index in [2.05, 4.69) is 10.2 Å². The van der Waals surface area contributed by atoms with Gasteiger partial charge in [0.05, 0.1) is 17.8 Å². The van der Waals surface area contributed by atoms with Crippen molar-refractivity contribution in [2.45, 2.75) is 6.92 Å². The lowest BCUT2D eigenvalue weighted by Crippen LogP contribution is -2.11. The van der Waals surface area contributed by atoms with Crippen LogP contribution in [0.25, 0.3) is 10.9 Å². The summed E-state index contributed by atoms with van der Waals surface area (Å²) >= 11 is 5.82. The highest BCUT2D eigenvalue weighted by atomic mass is 35.5. The third-order valence-corrected chi connectivity index (χ3v) is 2.47. The molecule has 0 aliphatic rings. The van der Waals surface area contributed by atoms with Gasteiger partial charge >= 0.3 is 5.97 Å². The first-order valence-electron chi connectivity index (χ1n) is 5.02. The molecule has 0 amide bonds. The van der Waals surface area contributed by atoms with Crippen molar-refractivity contribution in [1.29, 1.82) is 0 Å². The molecule has 5 nitrogen and oxygen atoms in total. The summed E-state index contributed by atoms with van der Waals surface area (Å²) < 4.78 is 4.83. The average molecular weight is 252 g/mol. The number of nitrogens with zero attached hydrogens (tertiary/aromatic N) is 2. The van der Waals surface area contributed by atoms with Crippen molar-refractivity contribution in [2.75, 3.05) is 12.3 Å². The first-order valence-corrected chi connectivity index (χ1v) is 5.39. The molecule has 0 aliphatic heterocycles. The summed E-state index contributed by atoms with van der Waals surface area (Å²) in [7, 11) is 0.